The molecule has 0 heterocycles. The summed E-state index contributed by atoms with van der Waals surface area (Å²) in [5.74, 6) is 0.463. The minimum atomic E-state index is -1.38. The quantitative estimate of drug-likeness (QED) is 0.861. The van der Waals surface area contributed by atoms with Gasteiger partial charge in [0, 0.05) is 23.2 Å². The number of anilines is 1. The summed E-state index contributed by atoms with van der Waals surface area (Å²) in [5, 5.41) is 6.06. The third kappa shape index (κ3) is 4.46. The van der Waals surface area contributed by atoms with Gasteiger partial charge in [-0.3, -0.25) is 4.21 Å². The van der Waals surface area contributed by atoms with Gasteiger partial charge in [-0.15, -0.1) is 0 Å². The molecule has 0 aliphatic heterocycles. The van der Waals surface area contributed by atoms with Crippen molar-refractivity contribution in [3.05, 3.63) is 24.0 Å². The van der Waals surface area contributed by atoms with E-state index < -0.39 is 16.6 Å². The summed E-state index contributed by atoms with van der Waals surface area (Å²) in [5.41, 5.74) is 0.363. The molecule has 22 heavy (non-hydrogen) atoms. The third-order valence-electron chi connectivity index (χ3n) is 3.65. The summed E-state index contributed by atoms with van der Waals surface area (Å²) >= 11 is 1.87. The van der Waals surface area contributed by atoms with Crippen LogP contribution in [0.4, 0.5) is 14.9 Å². The Balaban J connectivity index is 1.94. The molecule has 2 rings (SSSR count). The highest BCUT2D eigenvalue weighted by Gasteiger charge is 2.28. The zero-order chi connectivity index (χ0) is 16.1. The van der Waals surface area contributed by atoms with Crippen molar-refractivity contribution in [2.45, 2.75) is 42.4 Å². The number of carbonyl (C=O) groups excluding carboxylic acids is 1. The van der Waals surface area contributed by atoms with E-state index in [4.69, 9.17) is 0 Å². The SMILES string of the molecule is CCS[C@@H]1CCC[C@@H]1NC(=O)Nc1ccc([S@](C)=O)c(F)c1. The summed E-state index contributed by atoms with van der Waals surface area (Å²) < 4.78 is 25.0. The lowest BCUT2D eigenvalue weighted by molar-refractivity contribution is 0.249. The fraction of sp³-hybridized carbons (Fsp3) is 0.533. The highest BCUT2D eigenvalue weighted by molar-refractivity contribution is 7.99. The zero-order valence-electron chi connectivity index (χ0n) is 12.7. The molecule has 1 aromatic carbocycles. The molecule has 3 atom stereocenters. The second-order valence-electron chi connectivity index (χ2n) is 5.23. The van der Waals surface area contributed by atoms with Gasteiger partial charge in [0.2, 0.25) is 0 Å². The van der Waals surface area contributed by atoms with Crippen LogP contribution in [-0.2, 0) is 10.8 Å². The smallest absolute Gasteiger partial charge is 0.319 e. The number of carbonyl (C=O) groups is 1. The molecule has 0 spiro atoms. The molecule has 4 nitrogen and oxygen atoms in total. The van der Waals surface area contributed by atoms with Crippen molar-refractivity contribution < 1.29 is 13.4 Å². The molecule has 1 aliphatic carbocycles. The van der Waals surface area contributed by atoms with E-state index >= 15 is 0 Å². The van der Waals surface area contributed by atoms with E-state index in [0.717, 1.165) is 25.0 Å². The van der Waals surface area contributed by atoms with E-state index in [1.165, 1.54) is 18.4 Å². The van der Waals surface area contributed by atoms with Crippen LogP contribution in [0.1, 0.15) is 26.2 Å². The fourth-order valence-electron chi connectivity index (χ4n) is 2.65. The Kier molecular flexibility index (Phi) is 6.26. The first-order chi connectivity index (χ1) is 10.5. The normalized spacial score (nSPS) is 22.3. The van der Waals surface area contributed by atoms with Crippen LogP contribution in [0.2, 0.25) is 0 Å². The molecule has 1 aromatic rings. The monoisotopic (exact) mass is 344 g/mol. The first-order valence-corrected chi connectivity index (χ1v) is 9.94. The summed E-state index contributed by atoms with van der Waals surface area (Å²) in [6.45, 7) is 2.11. The second-order valence-corrected chi connectivity index (χ2v) is 8.09. The van der Waals surface area contributed by atoms with Crippen LogP contribution < -0.4 is 10.6 Å². The van der Waals surface area contributed by atoms with Crippen LogP contribution in [0.3, 0.4) is 0 Å². The third-order valence-corrected chi connectivity index (χ3v) is 5.93. The minimum absolute atomic E-state index is 0.140. The number of hydrogen-bond donors (Lipinski definition) is 2. The van der Waals surface area contributed by atoms with Gasteiger partial charge >= 0.3 is 6.03 Å². The molecular weight excluding hydrogens is 323 g/mol. The Morgan fingerprint density at radius 3 is 2.86 bits per heavy atom. The number of halogens is 1. The maximum absolute atomic E-state index is 13.8. The van der Waals surface area contributed by atoms with Crippen molar-refractivity contribution in [2.24, 2.45) is 0 Å². The van der Waals surface area contributed by atoms with Crippen molar-refractivity contribution in [1.82, 2.24) is 5.32 Å². The highest BCUT2D eigenvalue weighted by atomic mass is 32.2. The molecule has 0 unspecified atom stereocenters. The van der Waals surface area contributed by atoms with Crippen LogP contribution in [0.5, 0.6) is 0 Å². The molecule has 2 N–H and O–H groups in total. The number of benzene rings is 1. The van der Waals surface area contributed by atoms with Crippen molar-refractivity contribution in [3.63, 3.8) is 0 Å². The number of hydrogen-bond acceptors (Lipinski definition) is 3. The lowest BCUT2D eigenvalue weighted by Gasteiger charge is -2.20. The molecule has 1 aliphatic rings. The van der Waals surface area contributed by atoms with E-state index in [9.17, 15) is 13.4 Å². The number of nitrogens with one attached hydrogen (secondary N) is 2. The van der Waals surface area contributed by atoms with Crippen LogP contribution in [0.15, 0.2) is 23.1 Å². The Labute approximate surface area is 137 Å². The molecule has 1 fully saturated rings. The second kappa shape index (κ2) is 7.97. The predicted octanol–water partition coefficient (Wildman–Crippen LogP) is 3.36. The molecule has 0 radical (unpaired) electrons. The average Bonchev–Trinajstić information content (AvgIpc) is 2.86. The molecule has 0 saturated heterocycles. The van der Waals surface area contributed by atoms with E-state index in [1.54, 1.807) is 6.07 Å². The van der Waals surface area contributed by atoms with Crippen molar-refractivity contribution in [3.8, 4) is 0 Å². The van der Waals surface area contributed by atoms with Gasteiger partial charge in [0.15, 0.2) is 0 Å². The van der Waals surface area contributed by atoms with Gasteiger partial charge < -0.3 is 10.6 Å². The number of amides is 2. The van der Waals surface area contributed by atoms with Gasteiger partial charge in [0.25, 0.3) is 0 Å². The van der Waals surface area contributed by atoms with Crippen LogP contribution in [-0.4, -0.2) is 33.5 Å². The Hall–Kier alpha value is -1.08. The molecule has 1 saturated carbocycles. The summed E-state index contributed by atoms with van der Waals surface area (Å²) in [7, 11) is -1.38. The van der Waals surface area contributed by atoms with Crippen LogP contribution in [0.25, 0.3) is 0 Å². The standard InChI is InChI=1S/C15H21FN2O2S2/c1-3-21-13-6-4-5-12(13)18-15(19)17-10-7-8-14(22(2)20)11(16)9-10/h7-9,12-13H,3-6H2,1-2H3,(H2,17,18,19)/t12-,13+,22-/m0/s1. The molecule has 7 heteroatoms. The van der Waals surface area contributed by atoms with Gasteiger partial charge in [0.05, 0.1) is 15.7 Å². The lowest BCUT2D eigenvalue weighted by Crippen LogP contribution is -2.41. The maximum atomic E-state index is 13.8. The van der Waals surface area contributed by atoms with Gasteiger partial charge in [0.1, 0.15) is 5.82 Å². The zero-order valence-corrected chi connectivity index (χ0v) is 14.4. The first kappa shape index (κ1) is 17.3. The van der Waals surface area contributed by atoms with Crippen molar-refractivity contribution in [1.29, 1.82) is 0 Å². The molecule has 2 amide bonds. The molecular formula is C15H21FN2O2S2. The average molecular weight is 344 g/mol. The summed E-state index contributed by atoms with van der Waals surface area (Å²) in [6.07, 6.45) is 4.64. The van der Waals surface area contributed by atoms with Gasteiger partial charge in [-0.2, -0.15) is 11.8 Å². The Bertz CT molecular complexity index is 568. The van der Waals surface area contributed by atoms with E-state index in [-0.39, 0.29) is 17.0 Å². The number of rotatable bonds is 5. The van der Waals surface area contributed by atoms with Gasteiger partial charge in [-0.05, 0) is 36.8 Å². The van der Waals surface area contributed by atoms with Gasteiger partial charge in [-0.1, -0.05) is 13.3 Å². The highest BCUT2D eigenvalue weighted by Crippen LogP contribution is 2.29. The van der Waals surface area contributed by atoms with Crippen LogP contribution >= 0.6 is 11.8 Å². The summed E-state index contributed by atoms with van der Waals surface area (Å²) in [6, 6.07) is 4.04. The minimum Gasteiger partial charge on any atom is -0.334 e. The Morgan fingerprint density at radius 2 is 2.23 bits per heavy atom. The first-order valence-electron chi connectivity index (χ1n) is 7.33. The van der Waals surface area contributed by atoms with E-state index in [1.807, 2.05) is 11.8 Å². The molecule has 122 valence electrons. The lowest BCUT2D eigenvalue weighted by atomic mass is 10.2. The fourth-order valence-corrected chi connectivity index (χ4v) is 4.44. The van der Waals surface area contributed by atoms with E-state index in [0.29, 0.717) is 10.9 Å². The number of urea groups is 1. The summed E-state index contributed by atoms with van der Waals surface area (Å²) in [4.78, 5) is 12.2. The largest absolute Gasteiger partial charge is 0.334 e. The topological polar surface area (TPSA) is 58.2 Å². The maximum Gasteiger partial charge on any atom is 0.319 e. The van der Waals surface area contributed by atoms with Gasteiger partial charge in [-0.25, -0.2) is 9.18 Å². The molecule has 0 aromatic heterocycles. The predicted molar refractivity (Wildman–Crippen MR) is 90.4 cm³/mol. The van der Waals surface area contributed by atoms with Crippen LogP contribution in [0, 0.1) is 5.82 Å². The number of thioether (sulfide) groups is 1. The Morgan fingerprint density at radius 1 is 1.45 bits per heavy atom. The van der Waals surface area contributed by atoms with E-state index in [2.05, 4.69) is 17.6 Å². The van der Waals surface area contributed by atoms with Crippen molar-refractivity contribution in [2.75, 3.05) is 17.3 Å². The molecule has 0 bridgehead atoms. The van der Waals surface area contributed by atoms with Crippen molar-refractivity contribution >= 4 is 34.3 Å².